The van der Waals surface area contributed by atoms with Crippen LogP contribution in [-0.4, -0.2) is 29.4 Å². The third kappa shape index (κ3) is 2.99. The Morgan fingerprint density at radius 1 is 0.737 bits per heavy atom. The molecule has 1 heterocycles. The highest BCUT2D eigenvalue weighted by molar-refractivity contribution is 9.11. The Labute approximate surface area is 135 Å². The number of hydrogen-bond donors (Lipinski definition) is 0. The van der Waals surface area contributed by atoms with Crippen LogP contribution in [0.5, 0.6) is 0 Å². The number of halogens is 1. The minimum Gasteiger partial charge on any atom is -0.139 e. The van der Waals surface area contributed by atoms with E-state index in [1.165, 1.54) is 3.79 Å². The van der Waals surface area contributed by atoms with Gasteiger partial charge in [-0.1, -0.05) is 65.0 Å². The first-order valence-corrected chi connectivity index (χ1v) is 24.1. The quantitative estimate of drug-likeness (QED) is 0.583. The molecule has 110 valence electrons. The summed E-state index contributed by atoms with van der Waals surface area (Å²) in [4.78, 5) is 0. The monoisotopic (exact) mass is 408 g/mol. The molecule has 1 rings (SSSR count). The van der Waals surface area contributed by atoms with Crippen LogP contribution in [0.15, 0.2) is 15.9 Å². The van der Waals surface area contributed by atoms with Gasteiger partial charge in [-0.2, -0.15) is 0 Å². The second-order valence-electron chi connectivity index (χ2n) is 8.60. The van der Waals surface area contributed by atoms with Crippen molar-refractivity contribution in [3.63, 3.8) is 0 Å². The summed E-state index contributed by atoms with van der Waals surface area (Å²) in [6.07, 6.45) is 0. The second-order valence-corrected chi connectivity index (χ2v) is 51.7. The molecular weight excluding hydrogens is 380 g/mol. The van der Waals surface area contributed by atoms with Gasteiger partial charge in [0, 0.05) is 22.8 Å². The summed E-state index contributed by atoms with van der Waals surface area (Å²) in [7, 11) is -3.55. The summed E-state index contributed by atoms with van der Waals surface area (Å²) >= 11 is 5.77. The summed E-state index contributed by atoms with van der Waals surface area (Å²) in [6, 6.07) is 4.78. The topological polar surface area (TPSA) is 0 Å². The molecule has 0 aromatic carbocycles. The smallest absolute Gasteiger partial charge is 0.0807 e. The highest BCUT2D eigenvalue weighted by Gasteiger charge is 2.63. The summed E-state index contributed by atoms with van der Waals surface area (Å²) in [5.74, 6) is 0. The fourth-order valence-electron chi connectivity index (χ4n) is 5.00. The van der Waals surface area contributed by atoms with Crippen LogP contribution < -0.4 is 4.50 Å². The Kier molecular flexibility index (Phi) is 5.10. The predicted octanol–water partition coefficient (Wildman–Crippen LogP) is 5.42. The lowest BCUT2D eigenvalue weighted by molar-refractivity contribution is 1.74. The zero-order chi connectivity index (χ0) is 15.3. The van der Waals surface area contributed by atoms with E-state index in [4.69, 9.17) is 0 Å². The molecule has 0 aliphatic heterocycles. The molecular formula is C13H29BrSSi4. The Balaban J connectivity index is 3.75. The summed E-state index contributed by atoms with van der Waals surface area (Å²) in [6.45, 7) is 22.6. The minimum atomic E-state index is -1.35. The van der Waals surface area contributed by atoms with E-state index in [9.17, 15) is 0 Å². The van der Waals surface area contributed by atoms with Crippen molar-refractivity contribution in [2.45, 2.75) is 58.9 Å². The van der Waals surface area contributed by atoms with Crippen molar-refractivity contribution in [2.24, 2.45) is 0 Å². The van der Waals surface area contributed by atoms with Gasteiger partial charge in [0.05, 0.1) is 10.4 Å². The van der Waals surface area contributed by atoms with Crippen LogP contribution >= 0.6 is 27.3 Å². The Morgan fingerprint density at radius 3 is 1.32 bits per heavy atom. The van der Waals surface area contributed by atoms with Crippen molar-refractivity contribution >= 4 is 61.2 Å². The first kappa shape index (κ1) is 18.1. The van der Waals surface area contributed by atoms with Crippen LogP contribution in [0.25, 0.3) is 0 Å². The maximum absolute atomic E-state index is 3.71. The van der Waals surface area contributed by atoms with Crippen LogP contribution in [0, 0.1) is 0 Å². The van der Waals surface area contributed by atoms with Crippen molar-refractivity contribution in [3.05, 3.63) is 15.9 Å². The maximum atomic E-state index is 3.71. The third-order valence-corrected chi connectivity index (χ3v) is 79.4. The molecule has 0 aliphatic carbocycles. The molecule has 0 radical (unpaired) electrons. The van der Waals surface area contributed by atoms with Gasteiger partial charge in [0.2, 0.25) is 0 Å². The van der Waals surface area contributed by atoms with E-state index in [1.807, 2.05) is 4.50 Å². The first-order valence-electron chi connectivity index (χ1n) is 7.01. The van der Waals surface area contributed by atoms with Crippen molar-refractivity contribution in [1.29, 1.82) is 0 Å². The second kappa shape index (κ2) is 5.35. The van der Waals surface area contributed by atoms with Crippen molar-refractivity contribution < 1.29 is 0 Å². The van der Waals surface area contributed by atoms with Crippen LogP contribution in [0.1, 0.15) is 0 Å². The first-order chi connectivity index (χ1) is 8.25. The van der Waals surface area contributed by atoms with Gasteiger partial charge in [0.25, 0.3) is 0 Å². The van der Waals surface area contributed by atoms with Gasteiger partial charge in [-0.3, -0.25) is 0 Å². The van der Waals surface area contributed by atoms with E-state index in [2.05, 4.69) is 98.3 Å². The zero-order valence-corrected chi connectivity index (χ0v) is 20.3. The summed E-state index contributed by atoms with van der Waals surface area (Å²) in [5, 5.41) is 0. The van der Waals surface area contributed by atoms with Crippen LogP contribution in [0.2, 0.25) is 58.9 Å². The van der Waals surface area contributed by atoms with Gasteiger partial charge in [-0.15, -0.1) is 11.3 Å². The van der Waals surface area contributed by atoms with Crippen LogP contribution in [0.4, 0.5) is 0 Å². The maximum Gasteiger partial charge on any atom is 0.0807 e. The Hall–Kier alpha value is 1.05. The average molecular weight is 410 g/mol. The molecule has 0 amide bonds. The highest BCUT2D eigenvalue weighted by atomic mass is 79.9. The van der Waals surface area contributed by atoms with Gasteiger partial charge in [-0.05, 0) is 26.5 Å². The van der Waals surface area contributed by atoms with E-state index in [0.717, 1.165) is 0 Å². The number of thiophene rings is 1. The van der Waals surface area contributed by atoms with E-state index in [-0.39, 0.29) is 0 Å². The van der Waals surface area contributed by atoms with Gasteiger partial charge >= 0.3 is 0 Å². The molecule has 0 nitrogen and oxygen atoms in total. The average Bonchev–Trinajstić information content (AvgIpc) is 2.43. The fourth-order valence-corrected chi connectivity index (χ4v) is 115. The molecule has 0 spiro atoms. The van der Waals surface area contributed by atoms with Gasteiger partial charge < -0.3 is 0 Å². The highest BCUT2D eigenvalue weighted by Crippen LogP contribution is 2.38. The van der Waals surface area contributed by atoms with E-state index >= 15 is 0 Å². The third-order valence-electron chi connectivity index (χ3n) is 4.32. The van der Waals surface area contributed by atoms with Gasteiger partial charge in [-0.25, -0.2) is 0 Å². The van der Waals surface area contributed by atoms with Crippen LogP contribution in [-0.2, 0) is 0 Å². The molecule has 6 heteroatoms. The van der Waals surface area contributed by atoms with Crippen LogP contribution in [0.3, 0.4) is 0 Å². The molecule has 0 N–H and O–H groups in total. The lowest BCUT2D eigenvalue weighted by Crippen LogP contribution is -2.87. The van der Waals surface area contributed by atoms with E-state index in [0.29, 0.717) is 0 Å². The number of rotatable bonds is 4. The fraction of sp³-hybridized carbons (Fsp3) is 0.692. The molecule has 1 aromatic rings. The predicted molar refractivity (Wildman–Crippen MR) is 107 cm³/mol. The van der Waals surface area contributed by atoms with Crippen molar-refractivity contribution in [1.82, 2.24) is 0 Å². The van der Waals surface area contributed by atoms with Crippen molar-refractivity contribution in [3.8, 4) is 0 Å². The summed E-state index contributed by atoms with van der Waals surface area (Å²) < 4.78 is 3.14. The van der Waals surface area contributed by atoms with Gasteiger partial charge in [0.1, 0.15) is 0 Å². The lowest BCUT2D eigenvalue weighted by atomic mass is 10.7. The molecule has 19 heavy (non-hydrogen) atoms. The standard InChI is InChI=1S/C13H29BrSSi4/c1-16(2,3)19(17(4,5)6,18(7,8)9)13-11-10-12(14)15-13/h10-11H,1-9H3. The molecule has 0 aliphatic rings. The molecule has 0 saturated carbocycles. The Morgan fingerprint density at radius 2 is 1.11 bits per heavy atom. The normalized spacial score (nSPS) is 14.8. The molecule has 0 bridgehead atoms. The van der Waals surface area contributed by atoms with E-state index < -0.39 is 29.4 Å². The molecule has 0 fully saturated rings. The van der Waals surface area contributed by atoms with Gasteiger partial charge in [0.15, 0.2) is 0 Å². The molecule has 0 atom stereocenters. The number of hydrogen-bond acceptors (Lipinski definition) is 1. The SMILES string of the molecule is C[Si](C)(C)[Si](c1ccc(Br)s1)([Si](C)(C)C)[Si](C)(C)C. The zero-order valence-electron chi connectivity index (χ0n) is 13.9. The molecule has 0 saturated heterocycles. The lowest BCUT2D eigenvalue weighted by Gasteiger charge is -2.56. The minimum absolute atomic E-state index is 1.18. The van der Waals surface area contributed by atoms with E-state index in [1.54, 1.807) is 0 Å². The Bertz CT molecular complexity index is 412. The molecule has 0 unspecified atom stereocenters. The summed E-state index contributed by atoms with van der Waals surface area (Å²) in [5.41, 5.74) is 0. The van der Waals surface area contributed by atoms with Crippen molar-refractivity contribution in [2.75, 3.05) is 0 Å². The molecule has 1 aromatic heterocycles. The largest absolute Gasteiger partial charge is 0.139 e.